The van der Waals surface area contributed by atoms with Gasteiger partial charge in [-0.25, -0.2) is 0 Å². The predicted molar refractivity (Wildman–Crippen MR) is 123 cm³/mol. The molecule has 0 saturated carbocycles. The number of halogens is 1. The maximum atomic E-state index is 12.8. The Morgan fingerprint density at radius 3 is 2.07 bits per heavy atom. The zero-order valence-corrected chi connectivity index (χ0v) is 18.7. The van der Waals surface area contributed by atoms with Crippen molar-refractivity contribution in [3.63, 3.8) is 0 Å². The molecule has 0 atom stereocenters. The highest BCUT2D eigenvalue weighted by atomic mass is 35.5. The molecule has 0 spiro atoms. The van der Waals surface area contributed by atoms with E-state index >= 15 is 0 Å². The molecule has 0 fully saturated rings. The molecule has 4 nitrogen and oxygen atoms in total. The highest BCUT2D eigenvalue weighted by Gasteiger charge is 2.13. The molecule has 0 aliphatic rings. The third kappa shape index (κ3) is 5.85. The van der Waals surface area contributed by atoms with Gasteiger partial charge in [-0.2, -0.15) is 0 Å². The summed E-state index contributed by atoms with van der Waals surface area (Å²) in [5, 5.41) is 0. The Morgan fingerprint density at radius 2 is 1.43 bits per heavy atom. The lowest BCUT2D eigenvalue weighted by Crippen LogP contribution is -2.17. The van der Waals surface area contributed by atoms with Crippen LogP contribution >= 0.6 is 12.4 Å². The van der Waals surface area contributed by atoms with Crippen LogP contribution in [0.1, 0.15) is 32.6 Å². The summed E-state index contributed by atoms with van der Waals surface area (Å²) in [4.78, 5) is 15.1. The Bertz CT molecular complexity index is 986. The van der Waals surface area contributed by atoms with Crippen molar-refractivity contribution in [3.05, 3.63) is 94.5 Å². The number of carbonyl (C=O) groups excluding carboxylic acids is 1. The van der Waals surface area contributed by atoms with Gasteiger partial charge in [0.05, 0.1) is 14.2 Å². The first-order valence-corrected chi connectivity index (χ1v) is 9.60. The van der Waals surface area contributed by atoms with Crippen LogP contribution < -0.4 is 9.47 Å². The molecular weight excluding hydrogens is 398 g/mol. The van der Waals surface area contributed by atoms with Gasteiger partial charge in [-0.05, 0) is 43.3 Å². The number of ether oxygens (including phenoxy) is 2. The fourth-order valence-electron chi connectivity index (χ4n) is 3.40. The van der Waals surface area contributed by atoms with Gasteiger partial charge >= 0.3 is 0 Å². The zero-order valence-electron chi connectivity index (χ0n) is 17.8. The topological polar surface area (TPSA) is 38.8 Å². The summed E-state index contributed by atoms with van der Waals surface area (Å²) >= 11 is 0. The number of aryl methyl sites for hydroxylation is 1. The molecule has 0 unspecified atom stereocenters. The van der Waals surface area contributed by atoms with E-state index in [1.165, 1.54) is 16.7 Å². The van der Waals surface area contributed by atoms with Crippen LogP contribution in [-0.2, 0) is 13.1 Å². The summed E-state index contributed by atoms with van der Waals surface area (Å²) in [6.45, 7) is 3.81. The van der Waals surface area contributed by atoms with E-state index in [0.29, 0.717) is 22.6 Å². The van der Waals surface area contributed by atoms with E-state index in [1.54, 1.807) is 32.4 Å². The molecule has 3 aromatic rings. The summed E-state index contributed by atoms with van der Waals surface area (Å²) in [7, 11) is 5.24. The van der Waals surface area contributed by atoms with Gasteiger partial charge < -0.3 is 9.47 Å². The van der Waals surface area contributed by atoms with Crippen molar-refractivity contribution in [2.24, 2.45) is 0 Å². The van der Waals surface area contributed by atoms with Crippen molar-refractivity contribution < 1.29 is 14.3 Å². The van der Waals surface area contributed by atoms with Gasteiger partial charge in [0.15, 0.2) is 17.3 Å². The van der Waals surface area contributed by atoms with Crippen LogP contribution in [0.2, 0.25) is 0 Å². The van der Waals surface area contributed by atoms with Crippen LogP contribution in [0.4, 0.5) is 0 Å². The van der Waals surface area contributed by atoms with Crippen LogP contribution in [0.3, 0.4) is 0 Å². The minimum atomic E-state index is -0.0365. The summed E-state index contributed by atoms with van der Waals surface area (Å²) in [5.74, 6) is 1.12. The van der Waals surface area contributed by atoms with E-state index in [0.717, 1.165) is 13.1 Å². The lowest BCUT2D eigenvalue weighted by molar-refractivity contribution is 0.103. The summed E-state index contributed by atoms with van der Waals surface area (Å²) < 4.78 is 10.5. The summed E-state index contributed by atoms with van der Waals surface area (Å²) in [6.07, 6.45) is 0. The minimum absolute atomic E-state index is 0. The van der Waals surface area contributed by atoms with Gasteiger partial charge in [-0.1, -0.05) is 54.1 Å². The summed E-state index contributed by atoms with van der Waals surface area (Å²) in [6, 6.07) is 21.6. The Hall–Kier alpha value is -2.82. The largest absolute Gasteiger partial charge is 0.493 e. The molecule has 0 aliphatic heterocycles. The second kappa shape index (κ2) is 10.8. The van der Waals surface area contributed by atoms with E-state index in [4.69, 9.17) is 9.47 Å². The van der Waals surface area contributed by atoms with E-state index in [2.05, 4.69) is 43.1 Å². The number of benzene rings is 3. The number of hydrogen-bond acceptors (Lipinski definition) is 4. The van der Waals surface area contributed by atoms with E-state index < -0.39 is 0 Å². The minimum Gasteiger partial charge on any atom is -0.493 e. The van der Waals surface area contributed by atoms with Crippen LogP contribution in [0.15, 0.2) is 66.7 Å². The molecule has 0 aromatic heterocycles. The van der Waals surface area contributed by atoms with Gasteiger partial charge in [-0.3, -0.25) is 9.69 Å². The van der Waals surface area contributed by atoms with Crippen LogP contribution in [0.25, 0.3) is 0 Å². The molecule has 30 heavy (non-hydrogen) atoms. The normalized spacial score (nSPS) is 10.4. The van der Waals surface area contributed by atoms with Crippen LogP contribution in [-0.4, -0.2) is 32.0 Å². The first kappa shape index (κ1) is 23.5. The van der Waals surface area contributed by atoms with Gasteiger partial charge in [0.25, 0.3) is 0 Å². The van der Waals surface area contributed by atoms with Crippen LogP contribution in [0, 0.1) is 6.92 Å². The molecule has 0 aliphatic carbocycles. The molecule has 0 amide bonds. The molecule has 0 heterocycles. The van der Waals surface area contributed by atoms with E-state index in [-0.39, 0.29) is 18.2 Å². The smallest absolute Gasteiger partial charge is 0.193 e. The molecule has 3 rings (SSSR count). The molecule has 158 valence electrons. The number of ketones is 1. The first-order valence-electron chi connectivity index (χ1n) is 9.60. The maximum Gasteiger partial charge on any atom is 0.193 e. The number of hydrogen-bond donors (Lipinski definition) is 0. The fourth-order valence-corrected chi connectivity index (χ4v) is 3.40. The lowest BCUT2D eigenvalue weighted by atomic mass is 10.0. The van der Waals surface area contributed by atoms with Crippen molar-refractivity contribution in [1.82, 2.24) is 4.90 Å². The lowest BCUT2D eigenvalue weighted by Gasteiger charge is -2.17. The zero-order chi connectivity index (χ0) is 20.8. The second-order valence-electron chi connectivity index (χ2n) is 7.26. The summed E-state index contributed by atoms with van der Waals surface area (Å²) in [5.41, 5.74) is 4.97. The van der Waals surface area contributed by atoms with Gasteiger partial charge in [-0.15, -0.1) is 12.4 Å². The van der Waals surface area contributed by atoms with E-state index in [1.807, 2.05) is 24.3 Å². The van der Waals surface area contributed by atoms with Gasteiger partial charge in [0.2, 0.25) is 0 Å². The molecule has 5 heteroatoms. The standard InChI is InChI=1S/C25H27NO3.ClH/c1-18-6-5-7-20(14-18)17-26(2)16-19-8-10-21(11-9-19)25(27)22-12-13-23(28-3)24(15-22)29-4;/h5-15H,16-17H2,1-4H3;1H. The number of carbonyl (C=O) groups is 1. The Labute approximate surface area is 184 Å². The Balaban J connectivity index is 0.00000320. The number of rotatable bonds is 8. The highest BCUT2D eigenvalue weighted by Crippen LogP contribution is 2.28. The van der Waals surface area contributed by atoms with Gasteiger partial charge in [0, 0.05) is 24.2 Å². The quantitative estimate of drug-likeness (QED) is 0.459. The molecule has 0 radical (unpaired) electrons. The SMILES string of the molecule is COc1ccc(C(=O)c2ccc(CN(C)Cc3cccc(C)c3)cc2)cc1OC.Cl. The molecule has 3 aromatic carbocycles. The number of nitrogens with zero attached hydrogens (tertiary/aromatic N) is 1. The highest BCUT2D eigenvalue weighted by molar-refractivity contribution is 6.09. The van der Waals surface area contributed by atoms with Crippen LogP contribution in [0.5, 0.6) is 11.5 Å². The first-order chi connectivity index (χ1) is 14.0. The molecule has 0 bridgehead atoms. The molecular formula is C25H28ClNO3. The average molecular weight is 426 g/mol. The van der Waals surface area contributed by atoms with E-state index in [9.17, 15) is 4.79 Å². The van der Waals surface area contributed by atoms with Crippen molar-refractivity contribution in [1.29, 1.82) is 0 Å². The van der Waals surface area contributed by atoms with Crippen molar-refractivity contribution in [2.75, 3.05) is 21.3 Å². The third-order valence-corrected chi connectivity index (χ3v) is 4.85. The molecule has 0 saturated heterocycles. The number of methoxy groups -OCH3 is 2. The monoisotopic (exact) mass is 425 g/mol. The Kier molecular flexibility index (Phi) is 8.46. The second-order valence-corrected chi connectivity index (χ2v) is 7.26. The van der Waals surface area contributed by atoms with Crippen molar-refractivity contribution in [3.8, 4) is 11.5 Å². The fraction of sp³-hybridized carbons (Fsp3) is 0.240. The van der Waals surface area contributed by atoms with Crippen molar-refractivity contribution in [2.45, 2.75) is 20.0 Å². The van der Waals surface area contributed by atoms with Gasteiger partial charge in [0.1, 0.15) is 0 Å². The maximum absolute atomic E-state index is 12.8. The average Bonchev–Trinajstić information content (AvgIpc) is 2.73. The molecule has 0 N–H and O–H groups in total. The Morgan fingerprint density at radius 1 is 0.800 bits per heavy atom. The predicted octanol–water partition coefficient (Wildman–Crippen LogP) is 5.30. The third-order valence-electron chi connectivity index (χ3n) is 4.85. The van der Waals surface area contributed by atoms with Crippen molar-refractivity contribution >= 4 is 18.2 Å².